The molecule has 1 aliphatic heterocycles. The summed E-state index contributed by atoms with van der Waals surface area (Å²) in [6.45, 7) is 1.75. The van der Waals surface area contributed by atoms with Crippen LogP contribution in [0.3, 0.4) is 0 Å². The van der Waals surface area contributed by atoms with Crippen LogP contribution in [0.15, 0.2) is 54.7 Å². The molecule has 0 amide bonds. The molecule has 0 saturated carbocycles. The summed E-state index contributed by atoms with van der Waals surface area (Å²) < 4.78 is 33.6. The molecule has 2 heterocycles. The van der Waals surface area contributed by atoms with Crippen LogP contribution in [-0.2, 0) is 11.3 Å². The van der Waals surface area contributed by atoms with E-state index in [1.807, 2.05) is 11.1 Å². The second-order valence-electron chi connectivity index (χ2n) is 5.86. The highest BCUT2D eigenvalue weighted by Gasteiger charge is 2.29. The number of ether oxygens (including phenoxy) is 1. The lowest BCUT2D eigenvalue weighted by molar-refractivity contribution is 0.110. The predicted molar refractivity (Wildman–Crippen MR) is 88.0 cm³/mol. The predicted octanol–water partition coefficient (Wildman–Crippen LogP) is 3.14. The standard InChI is InChI=1S/C18H16F2N4O/c19-14-3-1-13(2-4-14)11-23-12-17(21-22-23)18-24(9-10-25-18)16-7-5-15(20)6-8-16/h1-8,12,18H,9-11H2/t18-/m1/s1. The molecule has 1 aromatic heterocycles. The Labute approximate surface area is 143 Å². The maximum atomic E-state index is 13.1. The van der Waals surface area contributed by atoms with E-state index in [0.29, 0.717) is 25.4 Å². The van der Waals surface area contributed by atoms with Gasteiger partial charge in [-0.3, -0.25) is 0 Å². The maximum absolute atomic E-state index is 13.1. The van der Waals surface area contributed by atoms with E-state index in [4.69, 9.17) is 4.74 Å². The van der Waals surface area contributed by atoms with E-state index < -0.39 is 0 Å². The van der Waals surface area contributed by atoms with Crippen LogP contribution in [0.2, 0.25) is 0 Å². The summed E-state index contributed by atoms with van der Waals surface area (Å²) >= 11 is 0. The zero-order chi connectivity index (χ0) is 17.2. The Bertz CT molecular complexity index is 848. The molecule has 1 atom stereocenters. The van der Waals surface area contributed by atoms with Gasteiger partial charge >= 0.3 is 0 Å². The minimum Gasteiger partial charge on any atom is -0.350 e. The highest BCUT2D eigenvalue weighted by atomic mass is 19.1. The van der Waals surface area contributed by atoms with Crippen molar-refractivity contribution in [2.75, 3.05) is 18.1 Å². The van der Waals surface area contributed by atoms with Crippen LogP contribution >= 0.6 is 0 Å². The lowest BCUT2D eigenvalue weighted by atomic mass is 10.2. The lowest BCUT2D eigenvalue weighted by Crippen LogP contribution is -2.23. The fraction of sp³-hybridized carbons (Fsp3) is 0.222. The molecule has 0 aliphatic carbocycles. The summed E-state index contributed by atoms with van der Waals surface area (Å²) in [6, 6.07) is 12.6. The summed E-state index contributed by atoms with van der Waals surface area (Å²) in [5.41, 5.74) is 2.49. The van der Waals surface area contributed by atoms with Crippen molar-refractivity contribution in [3.8, 4) is 0 Å². The molecule has 128 valence electrons. The van der Waals surface area contributed by atoms with Gasteiger partial charge in [0, 0.05) is 12.2 Å². The molecule has 1 fully saturated rings. The van der Waals surface area contributed by atoms with Crippen molar-refractivity contribution in [1.82, 2.24) is 15.0 Å². The van der Waals surface area contributed by atoms with Gasteiger partial charge in [0.15, 0.2) is 6.23 Å². The SMILES string of the molecule is Fc1ccc(Cn2cc([C@H]3OCCN3c3ccc(F)cc3)nn2)cc1. The first-order chi connectivity index (χ1) is 12.2. The number of halogens is 2. The van der Waals surface area contributed by atoms with Crippen molar-refractivity contribution in [3.63, 3.8) is 0 Å². The van der Waals surface area contributed by atoms with Crippen LogP contribution in [0.25, 0.3) is 0 Å². The van der Waals surface area contributed by atoms with Gasteiger partial charge in [-0.25, -0.2) is 13.5 Å². The first-order valence-electron chi connectivity index (χ1n) is 7.97. The molecule has 2 aromatic carbocycles. The number of nitrogens with zero attached hydrogens (tertiary/aromatic N) is 4. The Balaban J connectivity index is 1.52. The van der Waals surface area contributed by atoms with E-state index in [9.17, 15) is 8.78 Å². The summed E-state index contributed by atoms with van der Waals surface area (Å²) in [7, 11) is 0. The Kier molecular flexibility index (Phi) is 4.15. The van der Waals surface area contributed by atoms with E-state index in [1.54, 1.807) is 28.9 Å². The summed E-state index contributed by atoms with van der Waals surface area (Å²) in [4.78, 5) is 2.02. The fourth-order valence-corrected chi connectivity index (χ4v) is 2.89. The van der Waals surface area contributed by atoms with Crippen molar-refractivity contribution < 1.29 is 13.5 Å². The third kappa shape index (κ3) is 3.36. The van der Waals surface area contributed by atoms with Crippen LogP contribution < -0.4 is 4.90 Å². The molecule has 0 bridgehead atoms. The number of benzene rings is 2. The highest BCUT2D eigenvalue weighted by Crippen LogP contribution is 2.31. The van der Waals surface area contributed by atoms with E-state index in [2.05, 4.69) is 10.3 Å². The number of hydrogen-bond donors (Lipinski definition) is 0. The highest BCUT2D eigenvalue weighted by molar-refractivity contribution is 5.48. The molecule has 0 unspecified atom stereocenters. The van der Waals surface area contributed by atoms with Gasteiger partial charge in [-0.15, -0.1) is 5.10 Å². The average Bonchev–Trinajstić information content (AvgIpc) is 3.27. The molecule has 5 nitrogen and oxygen atoms in total. The van der Waals surface area contributed by atoms with Crippen LogP contribution in [0.5, 0.6) is 0 Å². The minimum absolute atomic E-state index is 0.266. The summed E-state index contributed by atoms with van der Waals surface area (Å²) in [6.07, 6.45) is 1.46. The monoisotopic (exact) mass is 342 g/mol. The molecule has 1 saturated heterocycles. The average molecular weight is 342 g/mol. The molecule has 4 rings (SSSR count). The quantitative estimate of drug-likeness (QED) is 0.731. The molecule has 0 radical (unpaired) electrons. The number of anilines is 1. The van der Waals surface area contributed by atoms with Gasteiger partial charge in [-0.2, -0.15) is 0 Å². The molecule has 25 heavy (non-hydrogen) atoms. The normalized spacial score (nSPS) is 17.2. The van der Waals surface area contributed by atoms with Crippen LogP contribution in [0, 0.1) is 11.6 Å². The van der Waals surface area contributed by atoms with Crippen molar-refractivity contribution in [3.05, 3.63) is 77.6 Å². The molecule has 0 N–H and O–H groups in total. The van der Waals surface area contributed by atoms with Crippen LogP contribution in [0.4, 0.5) is 14.5 Å². The second-order valence-corrected chi connectivity index (χ2v) is 5.86. The largest absolute Gasteiger partial charge is 0.350 e. The van der Waals surface area contributed by atoms with Crippen LogP contribution in [-0.4, -0.2) is 28.1 Å². The smallest absolute Gasteiger partial charge is 0.177 e. The first-order valence-corrected chi connectivity index (χ1v) is 7.97. The van der Waals surface area contributed by atoms with E-state index in [-0.39, 0.29) is 17.9 Å². The second kappa shape index (κ2) is 6.60. The molecule has 0 spiro atoms. The van der Waals surface area contributed by atoms with Crippen molar-refractivity contribution in [1.29, 1.82) is 0 Å². The molecule has 3 aromatic rings. The Hall–Kier alpha value is -2.80. The van der Waals surface area contributed by atoms with Gasteiger partial charge in [0.1, 0.15) is 17.3 Å². The van der Waals surface area contributed by atoms with Crippen molar-refractivity contribution in [2.24, 2.45) is 0 Å². The topological polar surface area (TPSA) is 43.2 Å². The number of aromatic nitrogens is 3. The van der Waals surface area contributed by atoms with Gasteiger partial charge in [-0.05, 0) is 42.0 Å². The molecular formula is C18H16F2N4O. The molecular weight excluding hydrogens is 326 g/mol. The Morgan fingerprint density at radius 3 is 2.40 bits per heavy atom. The van der Waals surface area contributed by atoms with E-state index >= 15 is 0 Å². The van der Waals surface area contributed by atoms with E-state index in [0.717, 1.165) is 11.3 Å². The lowest BCUT2D eigenvalue weighted by Gasteiger charge is -2.23. The molecule has 7 heteroatoms. The van der Waals surface area contributed by atoms with E-state index in [1.165, 1.54) is 24.3 Å². The van der Waals surface area contributed by atoms with Crippen LogP contribution in [0.1, 0.15) is 17.5 Å². The fourth-order valence-electron chi connectivity index (χ4n) is 2.89. The Morgan fingerprint density at radius 2 is 1.68 bits per heavy atom. The van der Waals surface area contributed by atoms with Gasteiger partial charge < -0.3 is 9.64 Å². The summed E-state index contributed by atoms with van der Waals surface area (Å²) in [5.74, 6) is -0.539. The first kappa shape index (κ1) is 15.7. The Morgan fingerprint density at radius 1 is 1.00 bits per heavy atom. The van der Waals surface area contributed by atoms with Gasteiger partial charge in [0.05, 0.1) is 19.3 Å². The van der Waals surface area contributed by atoms with Gasteiger partial charge in [0.2, 0.25) is 0 Å². The molecule has 1 aliphatic rings. The zero-order valence-corrected chi connectivity index (χ0v) is 13.3. The van der Waals surface area contributed by atoms with Crippen molar-refractivity contribution in [2.45, 2.75) is 12.8 Å². The minimum atomic E-state index is -0.354. The maximum Gasteiger partial charge on any atom is 0.177 e. The zero-order valence-electron chi connectivity index (χ0n) is 13.3. The number of rotatable bonds is 4. The third-order valence-electron chi connectivity index (χ3n) is 4.12. The van der Waals surface area contributed by atoms with Gasteiger partial charge in [0.25, 0.3) is 0 Å². The van der Waals surface area contributed by atoms with Gasteiger partial charge in [-0.1, -0.05) is 17.3 Å². The van der Waals surface area contributed by atoms with Crippen molar-refractivity contribution >= 4 is 5.69 Å². The number of hydrogen-bond acceptors (Lipinski definition) is 4. The third-order valence-corrected chi connectivity index (χ3v) is 4.12. The summed E-state index contributed by atoms with van der Waals surface area (Å²) in [5, 5.41) is 8.33.